The lowest BCUT2D eigenvalue weighted by Crippen LogP contribution is -2.50. The summed E-state index contributed by atoms with van der Waals surface area (Å²) >= 11 is 6.21. The lowest BCUT2D eigenvalue weighted by atomic mass is 10.0. The van der Waals surface area contributed by atoms with E-state index in [0.717, 1.165) is 27.8 Å². The molecular weight excluding hydrogens is 432 g/mol. The Bertz CT molecular complexity index is 1080. The van der Waals surface area contributed by atoms with Crippen molar-refractivity contribution >= 4 is 23.4 Å². The fraction of sp³-hybridized carbons (Fsp3) is 0.286. The number of likely N-dealkylation sites (N-methyl/N-ethyl adjacent to an activating group) is 1. The SMILES string of the molecule is CCNC(=O)[C@@H](Cc1ccccc1)N(Cc1cccc(Cl)c1)C(=O)Cc1cc(C)cc(C)c1. The van der Waals surface area contributed by atoms with Crippen molar-refractivity contribution in [3.05, 3.63) is 106 Å². The highest BCUT2D eigenvalue weighted by molar-refractivity contribution is 6.30. The van der Waals surface area contributed by atoms with Gasteiger partial charge in [-0.25, -0.2) is 0 Å². The van der Waals surface area contributed by atoms with Gasteiger partial charge in [0.25, 0.3) is 0 Å². The molecule has 0 bridgehead atoms. The van der Waals surface area contributed by atoms with Crippen LogP contribution in [0.3, 0.4) is 0 Å². The minimum Gasteiger partial charge on any atom is -0.355 e. The molecule has 0 saturated heterocycles. The third kappa shape index (κ3) is 7.19. The van der Waals surface area contributed by atoms with Crippen LogP contribution < -0.4 is 5.32 Å². The molecule has 3 rings (SSSR count). The number of rotatable bonds is 9. The van der Waals surface area contributed by atoms with Crippen molar-refractivity contribution in [1.29, 1.82) is 0 Å². The molecule has 0 unspecified atom stereocenters. The minimum absolute atomic E-state index is 0.0906. The van der Waals surface area contributed by atoms with E-state index in [1.54, 1.807) is 11.0 Å². The number of nitrogens with one attached hydrogen (secondary N) is 1. The van der Waals surface area contributed by atoms with Gasteiger partial charge >= 0.3 is 0 Å². The van der Waals surface area contributed by atoms with Gasteiger partial charge in [0.1, 0.15) is 6.04 Å². The first kappa shape index (κ1) is 24.5. The highest BCUT2D eigenvalue weighted by Crippen LogP contribution is 2.19. The Hall–Kier alpha value is -3.11. The maximum atomic E-state index is 13.7. The number of carbonyl (C=O) groups is 2. The van der Waals surface area contributed by atoms with E-state index in [2.05, 4.69) is 11.4 Å². The van der Waals surface area contributed by atoms with E-state index in [1.807, 2.05) is 81.4 Å². The average Bonchev–Trinajstić information content (AvgIpc) is 2.76. The lowest BCUT2D eigenvalue weighted by molar-refractivity contribution is -0.140. The number of halogens is 1. The normalized spacial score (nSPS) is 11.6. The Morgan fingerprint density at radius 1 is 0.879 bits per heavy atom. The van der Waals surface area contributed by atoms with E-state index < -0.39 is 6.04 Å². The van der Waals surface area contributed by atoms with Gasteiger partial charge in [0.15, 0.2) is 0 Å². The van der Waals surface area contributed by atoms with Crippen molar-refractivity contribution < 1.29 is 9.59 Å². The fourth-order valence-corrected chi connectivity index (χ4v) is 4.34. The molecule has 1 N–H and O–H groups in total. The number of carbonyl (C=O) groups excluding carboxylic acids is 2. The van der Waals surface area contributed by atoms with E-state index in [-0.39, 0.29) is 18.2 Å². The van der Waals surface area contributed by atoms with Crippen LogP contribution in [-0.4, -0.2) is 29.3 Å². The highest BCUT2D eigenvalue weighted by atomic mass is 35.5. The van der Waals surface area contributed by atoms with Gasteiger partial charge in [-0.3, -0.25) is 9.59 Å². The van der Waals surface area contributed by atoms with E-state index in [4.69, 9.17) is 11.6 Å². The lowest BCUT2D eigenvalue weighted by Gasteiger charge is -2.31. The van der Waals surface area contributed by atoms with Crippen LogP contribution >= 0.6 is 11.6 Å². The second-order valence-electron chi connectivity index (χ2n) is 8.42. The number of amides is 2. The fourth-order valence-electron chi connectivity index (χ4n) is 4.13. The van der Waals surface area contributed by atoms with Gasteiger partial charge < -0.3 is 10.2 Å². The van der Waals surface area contributed by atoms with Crippen molar-refractivity contribution in [2.45, 2.75) is 46.2 Å². The first-order chi connectivity index (χ1) is 15.9. The third-order valence-corrected chi connectivity index (χ3v) is 5.74. The Balaban J connectivity index is 1.97. The molecule has 4 nitrogen and oxygen atoms in total. The van der Waals surface area contributed by atoms with Crippen molar-refractivity contribution in [3.63, 3.8) is 0 Å². The molecule has 0 saturated carbocycles. The van der Waals surface area contributed by atoms with Crippen LogP contribution in [0.5, 0.6) is 0 Å². The van der Waals surface area contributed by atoms with Crippen LogP contribution in [0.2, 0.25) is 5.02 Å². The van der Waals surface area contributed by atoms with Crippen LogP contribution in [0.15, 0.2) is 72.8 Å². The third-order valence-electron chi connectivity index (χ3n) is 5.50. The monoisotopic (exact) mass is 462 g/mol. The van der Waals surface area contributed by atoms with Gasteiger partial charge in [-0.05, 0) is 49.6 Å². The van der Waals surface area contributed by atoms with E-state index in [0.29, 0.717) is 24.5 Å². The van der Waals surface area contributed by atoms with Crippen molar-refractivity contribution in [1.82, 2.24) is 10.2 Å². The summed E-state index contributed by atoms with van der Waals surface area (Å²) in [5.41, 5.74) is 5.07. The standard InChI is InChI=1S/C28H31ClN2O2/c1-4-30-28(33)26(17-22-9-6-5-7-10-22)31(19-23-11-8-12-25(29)16-23)27(32)18-24-14-20(2)13-21(3)15-24/h5-16,26H,4,17-19H2,1-3H3,(H,30,33)/t26-/m1/s1. The zero-order valence-electron chi connectivity index (χ0n) is 19.5. The maximum absolute atomic E-state index is 13.7. The summed E-state index contributed by atoms with van der Waals surface area (Å²) in [6.45, 7) is 6.74. The molecule has 0 aliphatic carbocycles. The highest BCUT2D eigenvalue weighted by Gasteiger charge is 2.30. The summed E-state index contributed by atoms with van der Waals surface area (Å²) in [6.07, 6.45) is 0.666. The molecule has 1 atom stereocenters. The molecule has 0 fully saturated rings. The quantitative estimate of drug-likeness (QED) is 0.470. The molecule has 33 heavy (non-hydrogen) atoms. The predicted octanol–water partition coefficient (Wildman–Crippen LogP) is 5.28. The van der Waals surface area contributed by atoms with E-state index >= 15 is 0 Å². The largest absolute Gasteiger partial charge is 0.355 e. The Labute approximate surface area is 201 Å². The van der Waals surface area contributed by atoms with Crippen molar-refractivity contribution in [2.75, 3.05) is 6.54 Å². The molecule has 172 valence electrons. The molecule has 2 amide bonds. The first-order valence-electron chi connectivity index (χ1n) is 11.3. The molecule has 0 spiro atoms. The van der Waals surface area contributed by atoms with Gasteiger partial charge in [0, 0.05) is 24.5 Å². The molecule has 0 radical (unpaired) electrons. The number of benzene rings is 3. The van der Waals surface area contributed by atoms with Crippen LogP contribution in [0.4, 0.5) is 0 Å². The second-order valence-corrected chi connectivity index (χ2v) is 8.86. The molecule has 0 aromatic heterocycles. The second kappa shape index (κ2) is 11.7. The molecular formula is C28H31ClN2O2. The number of aryl methyl sites for hydroxylation is 2. The van der Waals surface area contributed by atoms with E-state index in [1.165, 1.54) is 0 Å². The molecule has 3 aromatic carbocycles. The van der Waals surface area contributed by atoms with Crippen LogP contribution in [0, 0.1) is 13.8 Å². The van der Waals surface area contributed by atoms with Crippen LogP contribution in [0.25, 0.3) is 0 Å². The summed E-state index contributed by atoms with van der Waals surface area (Å²) in [5.74, 6) is -0.246. The summed E-state index contributed by atoms with van der Waals surface area (Å²) in [6, 6.07) is 22.8. The smallest absolute Gasteiger partial charge is 0.243 e. The predicted molar refractivity (Wildman–Crippen MR) is 134 cm³/mol. The number of nitrogens with zero attached hydrogens (tertiary/aromatic N) is 1. The molecule has 0 aliphatic heterocycles. The van der Waals surface area contributed by atoms with Gasteiger partial charge in [0.2, 0.25) is 11.8 Å². The van der Waals surface area contributed by atoms with Gasteiger partial charge in [0.05, 0.1) is 6.42 Å². The van der Waals surface area contributed by atoms with E-state index in [9.17, 15) is 9.59 Å². The molecule has 5 heteroatoms. The van der Waals surface area contributed by atoms with Gasteiger partial charge in [-0.15, -0.1) is 0 Å². The first-order valence-corrected chi connectivity index (χ1v) is 11.7. The molecule has 0 heterocycles. The minimum atomic E-state index is -0.635. The van der Waals surface area contributed by atoms with Crippen LogP contribution in [0.1, 0.15) is 34.7 Å². The van der Waals surface area contributed by atoms with Gasteiger partial charge in [-0.1, -0.05) is 83.4 Å². The van der Waals surface area contributed by atoms with Crippen molar-refractivity contribution in [2.24, 2.45) is 0 Å². The Morgan fingerprint density at radius 2 is 1.55 bits per heavy atom. The Morgan fingerprint density at radius 3 is 2.18 bits per heavy atom. The number of hydrogen-bond donors (Lipinski definition) is 1. The summed E-state index contributed by atoms with van der Waals surface area (Å²) in [4.78, 5) is 28.6. The molecule has 0 aliphatic rings. The summed E-state index contributed by atoms with van der Waals surface area (Å²) < 4.78 is 0. The zero-order chi connectivity index (χ0) is 23.8. The summed E-state index contributed by atoms with van der Waals surface area (Å²) in [5, 5.41) is 3.53. The topological polar surface area (TPSA) is 49.4 Å². The summed E-state index contributed by atoms with van der Waals surface area (Å²) in [7, 11) is 0. The average molecular weight is 463 g/mol. The van der Waals surface area contributed by atoms with Crippen molar-refractivity contribution in [3.8, 4) is 0 Å². The Kier molecular flexibility index (Phi) is 8.67. The number of hydrogen-bond acceptors (Lipinski definition) is 2. The molecule has 3 aromatic rings. The maximum Gasteiger partial charge on any atom is 0.243 e. The van der Waals surface area contributed by atoms with Crippen LogP contribution in [-0.2, 0) is 29.0 Å². The zero-order valence-corrected chi connectivity index (χ0v) is 20.2. The van der Waals surface area contributed by atoms with Gasteiger partial charge in [-0.2, -0.15) is 0 Å².